The molecule has 0 saturated heterocycles. The summed E-state index contributed by atoms with van der Waals surface area (Å²) in [5.41, 5.74) is 12.6. The molecule has 2 heterocycles. The van der Waals surface area contributed by atoms with Crippen LogP contribution in [-0.2, 0) is 15.8 Å². The van der Waals surface area contributed by atoms with Gasteiger partial charge in [-0.1, -0.05) is 30.3 Å². The van der Waals surface area contributed by atoms with Crippen LogP contribution in [0, 0.1) is 0 Å². The maximum Gasteiger partial charge on any atom is 1.00 e. The third kappa shape index (κ3) is 4.60. The minimum absolute atomic E-state index is 0. The van der Waals surface area contributed by atoms with Crippen molar-refractivity contribution in [1.82, 2.24) is 19.5 Å². The molecule has 0 radical (unpaired) electrons. The number of anilines is 2. The van der Waals surface area contributed by atoms with E-state index in [1.807, 2.05) is 0 Å². The second kappa shape index (κ2) is 8.45. The van der Waals surface area contributed by atoms with Crippen LogP contribution in [0.3, 0.4) is 0 Å². The van der Waals surface area contributed by atoms with Crippen molar-refractivity contribution in [2.24, 2.45) is 0 Å². The molecule has 0 aliphatic heterocycles. The molecule has 3 aromatic rings. The van der Waals surface area contributed by atoms with Gasteiger partial charge in [0, 0.05) is 6.54 Å². The first-order chi connectivity index (χ1) is 11.9. The summed E-state index contributed by atoms with van der Waals surface area (Å²) in [6, 6.07) is 8.34. The van der Waals surface area contributed by atoms with Crippen LogP contribution in [0.4, 0.5) is 11.8 Å². The van der Waals surface area contributed by atoms with Gasteiger partial charge in [0.15, 0.2) is 17.3 Å². The Balaban J connectivity index is 0.00000243. The van der Waals surface area contributed by atoms with Crippen LogP contribution in [0.25, 0.3) is 11.2 Å². The minimum atomic E-state index is -4.48. The molecule has 132 valence electrons. The summed E-state index contributed by atoms with van der Waals surface area (Å²) >= 11 is 0. The van der Waals surface area contributed by atoms with Crippen molar-refractivity contribution in [2.45, 2.75) is 12.4 Å². The van der Waals surface area contributed by atoms with Crippen LogP contribution >= 0.6 is 7.60 Å². The minimum Gasteiger partial charge on any atom is -0.382 e. The zero-order valence-electron chi connectivity index (χ0n) is 14.1. The summed E-state index contributed by atoms with van der Waals surface area (Å²) in [4.78, 5) is 31.1. The van der Waals surface area contributed by atoms with Crippen LogP contribution in [0.1, 0.15) is 11.4 Å². The topological polar surface area (TPSA) is 162 Å². The number of benzene rings is 1. The van der Waals surface area contributed by atoms with Gasteiger partial charge >= 0.3 is 37.2 Å². The molecule has 0 amide bonds. The monoisotopic (exact) mass is 387 g/mol. The molecule has 0 fully saturated rings. The SMILES string of the molecule is Nc1nc(N)c2ncn(CCOC(c3ccccc3)P(=O)(O)O)c2n1.[Na+]. The first-order valence-corrected chi connectivity index (χ1v) is 9.00. The molecule has 26 heavy (non-hydrogen) atoms. The van der Waals surface area contributed by atoms with Gasteiger partial charge in [0.05, 0.1) is 12.9 Å². The third-order valence-electron chi connectivity index (χ3n) is 3.51. The Hall–Kier alpha value is -1.52. The van der Waals surface area contributed by atoms with E-state index in [9.17, 15) is 14.4 Å². The number of fused-ring (bicyclic) bond motifs is 1. The molecule has 1 atom stereocenters. The average molecular weight is 387 g/mol. The van der Waals surface area contributed by atoms with E-state index in [0.29, 0.717) is 16.7 Å². The molecule has 0 bridgehead atoms. The number of ether oxygens (including phenoxy) is 1. The summed E-state index contributed by atoms with van der Waals surface area (Å²) < 4.78 is 18.8. The molecule has 1 aromatic carbocycles. The molecule has 10 nitrogen and oxygen atoms in total. The normalized spacial score (nSPS) is 12.7. The Bertz CT molecular complexity index is 932. The van der Waals surface area contributed by atoms with Crippen LogP contribution in [0.15, 0.2) is 36.7 Å². The fourth-order valence-electron chi connectivity index (χ4n) is 2.42. The Kier molecular flexibility index (Phi) is 6.75. The van der Waals surface area contributed by atoms with E-state index in [0.717, 1.165) is 0 Å². The third-order valence-corrected chi connectivity index (χ3v) is 4.56. The maximum absolute atomic E-state index is 11.7. The van der Waals surface area contributed by atoms with Crippen LogP contribution in [0.5, 0.6) is 0 Å². The smallest absolute Gasteiger partial charge is 0.382 e. The maximum atomic E-state index is 11.7. The zero-order valence-corrected chi connectivity index (χ0v) is 17.0. The first-order valence-electron chi connectivity index (χ1n) is 7.32. The van der Waals surface area contributed by atoms with Gasteiger partial charge in [0.25, 0.3) is 0 Å². The molecule has 6 N–H and O–H groups in total. The molecule has 2 aromatic heterocycles. The Labute approximate surface area is 171 Å². The number of nitrogens with zero attached hydrogens (tertiary/aromatic N) is 4. The second-order valence-electron chi connectivity index (χ2n) is 5.30. The summed E-state index contributed by atoms with van der Waals surface area (Å²) in [7, 11) is -4.48. The molecule has 0 spiro atoms. The summed E-state index contributed by atoms with van der Waals surface area (Å²) in [5, 5.41) is 0. The molecular weight excluding hydrogens is 370 g/mol. The van der Waals surface area contributed by atoms with E-state index < -0.39 is 13.4 Å². The van der Waals surface area contributed by atoms with Crippen molar-refractivity contribution in [3.05, 3.63) is 42.2 Å². The largest absolute Gasteiger partial charge is 1.00 e. The van der Waals surface area contributed by atoms with E-state index in [1.165, 1.54) is 6.33 Å². The number of aromatic nitrogens is 4. The van der Waals surface area contributed by atoms with E-state index in [4.69, 9.17) is 16.2 Å². The van der Waals surface area contributed by atoms with Gasteiger partial charge in [0.2, 0.25) is 5.95 Å². The fourth-order valence-corrected chi connectivity index (χ4v) is 3.28. The van der Waals surface area contributed by atoms with Crippen LogP contribution in [0.2, 0.25) is 0 Å². The number of nitrogen functional groups attached to an aromatic ring is 2. The molecule has 0 aliphatic carbocycles. The Morgan fingerprint density at radius 1 is 1.19 bits per heavy atom. The van der Waals surface area contributed by atoms with Gasteiger partial charge in [-0.3, -0.25) is 4.57 Å². The predicted octanol–water partition coefficient (Wildman–Crippen LogP) is -2.11. The van der Waals surface area contributed by atoms with Gasteiger partial charge in [0.1, 0.15) is 5.52 Å². The number of imidazole rings is 1. The van der Waals surface area contributed by atoms with Gasteiger partial charge in [-0.2, -0.15) is 9.97 Å². The van der Waals surface area contributed by atoms with Crippen molar-refractivity contribution in [2.75, 3.05) is 18.1 Å². The zero-order chi connectivity index (χ0) is 18.0. The Morgan fingerprint density at radius 2 is 1.88 bits per heavy atom. The second-order valence-corrected chi connectivity index (χ2v) is 6.95. The summed E-state index contributed by atoms with van der Waals surface area (Å²) in [6.07, 6.45) is 1.49. The number of hydrogen-bond donors (Lipinski definition) is 4. The van der Waals surface area contributed by atoms with Crippen molar-refractivity contribution in [1.29, 1.82) is 0 Å². The van der Waals surface area contributed by atoms with Crippen LogP contribution < -0.4 is 41.0 Å². The van der Waals surface area contributed by atoms with Crippen LogP contribution in [-0.4, -0.2) is 35.9 Å². The molecule has 0 saturated carbocycles. The number of hydrogen-bond acceptors (Lipinski definition) is 7. The average Bonchev–Trinajstić information content (AvgIpc) is 2.94. The van der Waals surface area contributed by atoms with Crippen molar-refractivity contribution in [3.8, 4) is 0 Å². The predicted molar refractivity (Wildman–Crippen MR) is 91.3 cm³/mol. The van der Waals surface area contributed by atoms with Crippen molar-refractivity contribution >= 4 is 30.5 Å². The molecule has 3 rings (SSSR count). The molecule has 12 heteroatoms. The van der Waals surface area contributed by atoms with Gasteiger partial charge in [-0.05, 0) is 5.56 Å². The van der Waals surface area contributed by atoms with E-state index in [-0.39, 0.29) is 54.5 Å². The fraction of sp³-hybridized carbons (Fsp3) is 0.214. The van der Waals surface area contributed by atoms with Gasteiger partial charge < -0.3 is 30.6 Å². The summed E-state index contributed by atoms with van der Waals surface area (Å²) in [6.45, 7) is 0.287. The van der Waals surface area contributed by atoms with Crippen molar-refractivity contribution in [3.63, 3.8) is 0 Å². The number of nitrogens with two attached hydrogens (primary N) is 2. The van der Waals surface area contributed by atoms with E-state index in [1.54, 1.807) is 34.9 Å². The van der Waals surface area contributed by atoms with Gasteiger partial charge in [-0.25, -0.2) is 4.98 Å². The molecule has 0 aliphatic rings. The van der Waals surface area contributed by atoms with Crippen molar-refractivity contribution < 1.29 is 48.6 Å². The summed E-state index contributed by atoms with van der Waals surface area (Å²) in [5.74, 6) is -1.15. The number of rotatable bonds is 6. The van der Waals surface area contributed by atoms with E-state index in [2.05, 4.69) is 15.0 Å². The molecular formula is C14H17N6NaO4P+. The van der Waals surface area contributed by atoms with Gasteiger partial charge in [-0.15, -0.1) is 0 Å². The first kappa shape index (κ1) is 20.8. The molecule has 1 unspecified atom stereocenters. The van der Waals surface area contributed by atoms with E-state index >= 15 is 0 Å². The standard InChI is InChI=1S/C14H17N6O4P.Na/c15-11-10-12(19-14(16)18-11)20(8-17-10)6-7-24-13(25(21,22)23)9-4-2-1-3-5-9;/h1-5,8,13H,6-7H2,(H2,21,22,23)(H4,15,16,18,19);/q;+1. The Morgan fingerprint density at radius 3 is 2.54 bits per heavy atom. The quantitative estimate of drug-likeness (QED) is 0.274.